The quantitative estimate of drug-likeness (QED) is 0.0290. The van der Waals surface area contributed by atoms with E-state index in [1.54, 1.807) is 92.7 Å². The molecule has 0 saturated heterocycles. The first kappa shape index (κ1) is 69.1. The van der Waals surface area contributed by atoms with Crippen LogP contribution in [0.5, 0.6) is 0 Å². The second-order valence-corrected chi connectivity index (χ2v) is 23.9. The third-order valence-electron chi connectivity index (χ3n) is 11.9. The van der Waals surface area contributed by atoms with E-state index in [2.05, 4.69) is 15.9 Å². The average molecular weight is 1330 g/mol. The van der Waals surface area contributed by atoms with Crippen molar-refractivity contribution >= 4 is 111 Å². The Bertz CT molecular complexity index is 3910. The summed E-state index contributed by atoms with van der Waals surface area (Å²) in [4.78, 5) is 31.9. The minimum Gasteiger partial charge on any atom is -0.478 e. The Labute approximate surface area is 501 Å². The van der Waals surface area contributed by atoms with Gasteiger partial charge in [-0.1, -0.05) is 142 Å². The Morgan fingerprint density at radius 3 is 1.29 bits per heavy atom. The number of nitrogen functional groups attached to an aromatic ring is 2. The third kappa shape index (κ3) is 19.3. The highest BCUT2D eigenvalue weighted by Gasteiger charge is 2.34. The number of sulfone groups is 1. The normalized spacial score (nSPS) is 11.2. The van der Waals surface area contributed by atoms with Crippen LogP contribution in [0.2, 0.25) is 10.0 Å². The first-order valence-electron chi connectivity index (χ1n) is 23.7. The van der Waals surface area contributed by atoms with Gasteiger partial charge in [-0.3, -0.25) is 0 Å². The molecule has 27 heteroatoms. The fraction of sp³-hybridized carbons (Fsp3) is 0.105. The maximum absolute atomic E-state index is 13.1. The number of carbonyl (C=O) groups is 3. The predicted molar refractivity (Wildman–Crippen MR) is 315 cm³/mol. The van der Waals surface area contributed by atoms with Gasteiger partial charge < -0.3 is 36.8 Å². The topological polar surface area (TPSA) is 273 Å². The zero-order valence-corrected chi connectivity index (χ0v) is 49.2. The highest BCUT2D eigenvalue weighted by molar-refractivity contribution is 9.10. The fourth-order valence-electron chi connectivity index (χ4n) is 7.48. The molecule has 8 aromatic carbocycles. The van der Waals surface area contributed by atoms with Crippen molar-refractivity contribution in [2.45, 2.75) is 48.7 Å². The lowest BCUT2D eigenvalue weighted by Gasteiger charge is -2.16. The number of carboxylic acids is 3. The van der Waals surface area contributed by atoms with Gasteiger partial charge in [-0.15, -0.1) is 0 Å². The molecule has 14 nitrogen and oxygen atoms in total. The van der Waals surface area contributed by atoms with Gasteiger partial charge in [-0.25, -0.2) is 31.2 Å². The Morgan fingerprint density at radius 2 is 0.893 bits per heavy atom. The molecule has 9 N–H and O–H groups in total. The summed E-state index contributed by atoms with van der Waals surface area (Å²) in [6.07, 6.45) is -9.45. The molecule has 442 valence electrons. The molecule has 0 atom stereocenters. The van der Waals surface area contributed by atoms with Gasteiger partial charge in [-0.2, -0.15) is 26.3 Å². The molecule has 8 aromatic rings. The van der Waals surface area contributed by atoms with E-state index in [1.165, 1.54) is 12.1 Å². The second kappa shape index (κ2) is 29.4. The first-order chi connectivity index (χ1) is 39.0. The van der Waals surface area contributed by atoms with E-state index in [0.717, 1.165) is 44.4 Å². The van der Waals surface area contributed by atoms with Gasteiger partial charge in [0.05, 0.1) is 49.0 Å². The maximum atomic E-state index is 13.1. The van der Waals surface area contributed by atoms with Crippen LogP contribution in [0.4, 0.5) is 37.7 Å². The zero-order chi connectivity index (χ0) is 63.2. The molecule has 0 aliphatic carbocycles. The van der Waals surface area contributed by atoms with Crippen LogP contribution in [0, 0.1) is 20.8 Å². The van der Waals surface area contributed by atoms with Gasteiger partial charge in [0.2, 0.25) is 0 Å². The van der Waals surface area contributed by atoms with Gasteiger partial charge in [0.25, 0.3) is 9.05 Å². The largest absolute Gasteiger partial charge is 0.488 e. The van der Waals surface area contributed by atoms with Gasteiger partial charge in [0, 0.05) is 30.9 Å². The number of hydrogen-bond acceptors (Lipinski definition) is 11. The van der Waals surface area contributed by atoms with Crippen LogP contribution in [-0.4, -0.2) is 67.2 Å². The van der Waals surface area contributed by atoms with Crippen LogP contribution in [0.25, 0.3) is 22.3 Å². The summed E-state index contributed by atoms with van der Waals surface area (Å²) >= 11 is 14.3. The molecule has 84 heavy (non-hydrogen) atoms. The number of anilines is 2. The van der Waals surface area contributed by atoms with Crippen LogP contribution in [0.15, 0.2) is 178 Å². The standard InChI is InChI=1S/C22H16ClF3O4S.C14H13NO2.C8H8BrNO2.C7H3Cl2F3O2S.C6H7BO2/c1-13-18(14-5-3-2-4-6-14)7-8-19(21(27)28)20(13)12-31(29,30)17-10-15(22(24,25)26)9-16(23)11-17;1-9-11(10-5-3-2-4-6-10)7-8-12(13(9)15)14(16)17;1-4-6(9)3-2-5(7(4)10)8(11)12;8-5-1-4(7(10,11)12)2-6(3-5)15(9,13)14;8-7(9)6-4-2-1-3-5-6/h2-11H,12H2,1H3,(H,27,28);2-8H,15H2,1H3,(H,16,17);2-3H,10H2,1H3,(H,11,12);1-3H;1-5,8-9H. The molecule has 0 aromatic heterocycles. The van der Waals surface area contributed by atoms with Crippen molar-refractivity contribution in [1.29, 1.82) is 0 Å². The number of halogens is 10. The number of hydrogen-bond donors (Lipinski definition) is 7. The third-order valence-corrected chi connectivity index (χ3v) is 16.1. The molecule has 0 amide bonds. The van der Waals surface area contributed by atoms with Crippen molar-refractivity contribution in [3.8, 4) is 22.3 Å². The number of rotatable bonds is 10. The Morgan fingerprint density at radius 1 is 0.524 bits per heavy atom. The van der Waals surface area contributed by atoms with Crippen molar-refractivity contribution in [2.24, 2.45) is 0 Å². The fourth-order valence-corrected chi connectivity index (χ4v) is 10.8. The maximum Gasteiger partial charge on any atom is 0.488 e. The zero-order valence-electron chi connectivity index (χ0n) is 43.7. The summed E-state index contributed by atoms with van der Waals surface area (Å²) in [6, 6.07) is 40.7. The molecule has 8 rings (SSSR count). The van der Waals surface area contributed by atoms with Crippen molar-refractivity contribution in [2.75, 3.05) is 11.5 Å². The number of aromatic carboxylic acids is 3. The lowest BCUT2D eigenvalue weighted by molar-refractivity contribution is -0.138. The summed E-state index contributed by atoms with van der Waals surface area (Å²) in [6.45, 7) is 5.19. The van der Waals surface area contributed by atoms with Crippen molar-refractivity contribution < 1.29 is 82.9 Å². The Hall–Kier alpha value is -7.42. The summed E-state index contributed by atoms with van der Waals surface area (Å²) in [5, 5.41) is 43.6. The number of alkyl halides is 6. The summed E-state index contributed by atoms with van der Waals surface area (Å²) in [7, 11) is -5.01. The van der Waals surface area contributed by atoms with Crippen LogP contribution in [-0.2, 0) is 37.0 Å². The van der Waals surface area contributed by atoms with Gasteiger partial charge in [-0.05, 0) is 131 Å². The van der Waals surface area contributed by atoms with Crippen molar-refractivity contribution in [1.82, 2.24) is 0 Å². The molecule has 0 radical (unpaired) electrons. The van der Waals surface area contributed by atoms with E-state index < -0.39 is 82.9 Å². The molecular formula is C57H47BBrCl3F6N2O12S2. The highest BCUT2D eigenvalue weighted by atomic mass is 79.9. The smallest absolute Gasteiger partial charge is 0.478 e. The van der Waals surface area contributed by atoms with Gasteiger partial charge in [0.15, 0.2) is 9.84 Å². The van der Waals surface area contributed by atoms with Crippen LogP contribution >= 0.6 is 49.8 Å². The predicted octanol–water partition coefficient (Wildman–Crippen LogP) is 13.6. The summed E-state index contributed by atoms with van der Waals surface area (Å²) < 4.78 is 124. The molecule has 0 spiro atoms. The van der Waals surface area contributed by atoms with E-state index in [0.29, 0.717) is 52.2 Å². The molecule has 0 unspecified atom stereocenters. The molecule has 0 aliphatic rings. The summed E-state index contributed by atoms with van der Waals surface area (Å²) in [5.41, 5.74) is 15.6. The monoisotopic (exact) mass is 1320 g/mol. The van der Waals surface area contributed by atoms with E-state index in [-0.39, 0.29) is 32.3 Å². The highest BCUT2D eigenvalue weighted by Crippen LogP contribution is 2.37. The molecule has 0 bridgehead atoms. The van der Waals surface area contributed by atoms with Crippen molar-refractivity contribution in [3.05, 3.63) is 228 Å². The SMILES string of the molecule is Cc1c(-c2ccccc2)ccc(C(=O)O)c1CS(=O)(=O)c1cc(Cl)cc(C(F)(F)F)c1.Cc1c(-c2ccccc2)ccc(C(=O)O)c1N.Cc1c(Br)ccc(C(=O)O)c1N.O=S(=O)(Cl)c1cc(Cl)cc(C(F)(F)F)c1.OB(O)c1ccccc1. The van der Waals surface area contributed by atoms with E-state index in [4.69, 9.17) is 65.6 Å². The lowest BCUT2D eigenvalue weighted by atomic mass is 9.81. The van der Waals surface area contributed by atoms with Gasteiger partial charge in [0.1, 0.15) is 0 Å². The molecule has 0 saturated carbocycles. The van der Waals surface area contributed by atoms with Gasteiger partial charge >= 0.3 is 37.4 Å². The second-order valence-electron chi connectivity index (χ2n) is 17.6. The lowest BCUT2D eigenvalue weighted by Crippen LogP contribution is -2.29. The number of benzene rings is 8. The van der Waals surface area contributed by atoms with E-state index in [9.17, 15) is 62.7 Å². The number of nitrogens with two attached hydrogens (primary N) is 2. The molecular weight excluding hydrogens is 1280 g/mol. The minimum atomic E-state index is -4.79. The summed E-state index contributed by atoms with van der Waals surface area (Å²) in [5.74, 6) is -4.12. The molecule has 0 fully saturated rings. The minimum absolute atomic E-state index is 0.00221. The first-order valence-corrected chi connectivity index (χ1v) is 29.2. The van der Waals surface area contributed by atoms with Crippen molar-refractivity contribution in [3.63, 3.8) is 0 Å². The van der Waals surface area contributed by atoms with E-state index >= 15 is 0 Å². The van der Waals surface area contributed by atoms with Crippen LogP contribution < -0.4 is 16.9 Å². The average Bonchev–Trinajstić information content (AvgIpc) is 1.90. The van der Waals surface area contributed by atoms with Crippen LogP contribution in [0.1, 0.15) is 64.5 Å². The Balaban J connectivity index is 0.000000243. The Kier molecular flexibility index (Phi) is 24.2. The van der Waals surface area contributed by atoms with E-state index in [1.807, 2.05) is 43.3 Å². The number of carboxylic acid groups (broad SMARTS) is 3. The molecule has 0 heterocycles. The molecule has 0 aliphatic heterocycles. The van der Waals surface area contributed by atoms with Crippen LogP contribution in [0.3, 0.4) is 0 Å².